The van der Waals surface area contributed by atoms with Gasteiger partial charge in [-0.25, -0.2) is 4.79 Å². The minimum Gasteiger partial charge on any atom is -0.466 e. The molecule has 0 amide bonds. The summed E-state index contributed by atoms with van der Waals surface area (Å²) in [6, 6.07) is 0. The average molecular weight is 290 g/mol. The summed E-state index contributed by atoms with van der Waals surface area (Å²) in [5.74, 6) is 0.381. The lowest BCUT2D eigenvalue weighted by atomic mass is 9.85. The third-order valence-corrected chi connectivity index (χ3v) is 4.48. The molecule has 118 valence electrons. The van der Waals surface area contributed by atoms with E-state index in [0.717, 1.165) is 18.4 Å². The van der Waals surface area contributed by atoms with Crippen LogP contribution in [0.25, 0.3) is 0 Å². The Bertz CT molecular complexity index is 458. The van der Waals surface area contributed by atoms with E-state index in [4.69, 9.17) is 4.74 Å². The first kappa shape index (κ1) is 17.7. The van der Waals surface area contributed by atoms with Crippen molar-refractivity contribution < 1.29 is 9.53 Å². The van der Waals surface area contributed by atoms with Crippen molar-refractivity contribution in [2.75, 3.05) is 7.11 Å². The molecule has 1 unspecified atom stereocenters. The number of hydrogen-bond acceptors (Lipinski definition) is 2. The highest BCUT2D eigenvalue weighted by molar-refractivity contribution is 5.89. The summed E-state index contributed by atoms with van der Waals surface area (Å²) in [6.45, 7) is 11.3. The number of rotatable bonds is 5. The molecule has 0 heterocycles. The maximum absolute atomic E-state index is 11.5. The van der Waals surface area contributed by atoms with Gasteiger partial charge in [0.1, 0.15) is 0 Å². The highest BCUT2D eigenvalue weighted by Crippen LogP contribution is 2.29. The fourth-order valence-corrected chi connectivity index (χ4v) is 2.39. The molecule has 0 N–H and O–H groups in total. The van der Waals surface area contributed by atoms with Gasteiger partial charge < -0.3 is 4.74 Å². The Labute approximate surface area is 130 Å². The number of allylic oxidation sites excluding steroid dienone is 5. The summed E-state index contributed by atoms with van der Waals surface area (Å²) in [4.78, 5) is 11.5. The molecule has 0 bridgehead atoms. The summed E-state index contributed by atoms with van der Waals surface area (Å²) < 4.78 is 4.76. The number of methoxy groups -OCH3 is 1. The maximum atomic E-state index is 11.5. The van der Waals surface area contributed by atoms with Crippen LogP contribution in [-0.4, -0.2) is 13.1 Å². The number of hydrogen-bond donors (Lipinski definition) is 0. The van der Waals surface area contributed by atoms with E-state index in [9.17, 15) is 4.79 Å². The van der Waals surface area contributed by atoms with E-state index in [1.165, 1.54) is 24.7 Å². The van der Waals surface area contributed by atoms with Crippen LogP contribution in [-0.2, 0) is 9.53 Å². The van der Waals surface area contributed by atoms with Crippen molar-refractivity contribution >= 4 is 5.97 Å². The van der Waals surface area contributed by atoms with Crippen LogP contribution in [0.5, 0.6) is 0 Å². The summed E-state index contributed by atoms with van der Waals surface area (Å²) in [6.07, 6.45) is 10.5. The largest absolute Gasteiger partial charge is 0.466 e. The molecule has 0 aromatic rings. The SMILES string of the molecule is COC(=O)C1=CCC(C(C)CC/C=C(\C)C(C)(C)C)=CC1. The monoisotopic (exact) mass is 290 g/mol. The number of ether oxygens (including phenoxy) is 1. The second-order valence-electron chi connectivity index (χ2n) is 7.02. The van der Waals surface area contributed by atoms with Gasteiger partial charge in [0.25, 0.3) is 0 Å². The molecule has 1 rings (SSSR count). The molecule has 1 atom stereocenters. The van der Waals surface area contributed by atoms with Crippen molar-refractivity contribution in [3.05, 3.63) is 34.9 Å². The van der Waals surface area contributed by atoms with Crippen LogP contribution in [0.4, 0.5) is 0 Å². The van der Waals surface area contributed by atoms with Crippen LogP contribution < -0.4 is 0 Å². The van der Waals surface area contributed by atoms with Crippen molar-refractivity contribution in [3.8, 4) is 0 Å². The zero-order valence-corrected chi connectivity index (χ0v) is 14.5. The van der Waals surface area contributed by atoms with E-state index >= 15 is 0 Å². The Hall–Kier alpha value is -1.31. The highest BCUT2D eigenvalue weighted by atomic mass is 16.5. The molecule has 2 heteroatoms. The number of carbonyl (C=O) groups excluding carboxylic acids is 1. The van der Waals surface area contributed by atoms with Gasteiger partial charge in [0.2, 0.25) is 0 Å². The van der Waals surface area contributed by atoms with Crippen molar-refractivity contribution in [1.82, 2.24) is 0 Å². The van der Waals surface area contributed by atoms with Gasteiger partial charge in [0.05, 0.1) is 7.11 Å². The Morgan fingerprint density at radius 2 is 2.00 bits per heavy atom. The maximum Gasteiger partial charge on any atom is 0.333 e. The molecule has 0 aromatic carbocycles. The minimum atomic E-state index is -0.193. The molecule has 21 heavy (non-hydrogen) atoms. The van der Waals surface area contributed by atoms with Crippen molar-refractivity contribution in [2.45, 2.75) is 60.3 Å². The summed E-state index contributed by atoms with van der Waals surface area (Å²) >= 11 is 0. The topological polar surface area (TPSA) is 26.3 Å². The molecule has 2 nitrogen and oxygen atoms in total. The first-order valence-corrected chi connectivity index (χ1v) is 7.89. The zero-order valence-electron chi connectivity index (χ0n) is 14.5. The third kappa shape index (κ3) is 5.53. The first-order valence-electron chi connectivity index (χ1n) is 7.89. The van der Waals surface area contributed by atoms with Gasteiger partial charge in [0, 0.05) is 5.57 Å². The van der Waals surface area contributed by atoms with E-state index in [1.54, 1.807) is 0 Å². The summed E-state index contributed by atoms with van der Waals surface area (Å²) in [5.41, 5.74) is 3.97. The van der Waals surface area contributed by atoms with Crippen LogP contribution >= 0.6 is 0 Å². The molecule has 1 aliphatic rings. The van der Waals surface area contributed by atoms with Gasteiger partial charge in [-0.15, -0.1) is 0 Å². The van der Waals surface area contributed by atoms with Gasteiger partial charge in [-0.2, -0.15) is 0 Å². The lowest BCUT2D eigenvalue weighted by Crippen LogP contribution is -2.09. The quantitative estimate of drug-likeness (QED) is 0.513. The number of carbonyl (C=O) groups is 1. The lowest BCUT2D eigenvalue weighted by Gasteiger charge is -2.21. The van der Waals surface area contributed by atoms with Gasteiger partial charge in [-0.05, 0) is 43.9 Å². The van der Waals surface area contributed by atoms with Gasteiger partial charge in [0.15, 0.2) is 0 Å². The third-order valence-electron chi connectivity index (χ3n) is 4.48. The standard InChI is InChI=1S/C19H30O2/c1-14(8-7-9-15(2)19(3,4)5)16-10-12-17(13-11-16)18(20)21-6/h9-10,13-14H,7-8,11-12H2,1-6H3/b15-9+. The Kier molecular flexibility index (Phi) is 6.44. The average Bonchev–Trinajstić information content (AvgIpc) is 2.45. The second-order valence-corrected chi connectivity index (χ2v) is 7.02. The van der Waals surface area contributed by atoms with Crippen molar-refractivity contribution in [2.24, 2.45) is 11.3 Å². The van der Waals surface area contributed by atoms with Crippen LogP contribution in [0.15, 0.2) is 34.9 Å². The summed E-state index contributed by atoms with van der Waals surface area (Å²) in [7, 11) is 1.44. The molecule has 0 spiro atoms. The van der Waals surface area contributed by atoms with Gasteiger partial charge in [-0.1, -0.05) is 57.1 Å². The Balaban J connectivity index is 2.47. The van der Waals surface area contributed by atoms with Crippen molar-refractivity contribution in [3.63, 3.8) is 0 Å². The fraction of sp³-hybridized carbons (Fsp3) is 0.632. The lowest BCUT2D eigenvalue weighted by molar-refractivity contribution is -0.136. The van der Waals surface area contributed by atoms with Crippen molar-refractivity contribution in [1.29, 1.82) is 0 Å². The van der Waals surface area contributed by atoms with E-state index in [0.29, 0.717) is 12.3 Å². The Morgan fingerprint density at radius 1 is 1.33 bits per heavy atom. The molecule has 0 saturated carbocycles. The van der Waals surface area contributed by atoms with Gasteiger partial charge >= 0.3 is 5.97 Å². The molecule has 1 aliphatic carbocycles. The highest BCUT2D eigenvalue weighted by Gasteiger charge is 2.16. The molecule has 0 aromatic heterocycles. The van der Waals surface area contributed by atoms with E-state index in [2.05, 4.69) is 46.8 Å². The molecule has 0 aliphatic heterocycles. The van der Waals surface area contributed by atoms with Crippen LogP contribution in [0.1, 0.15) is 60.3 Å². The molecule has 0 radical (unpaired) electrons. The predicted octanol–water partition coefficient (Wildman–Crippen LogP) is 5.21. The minimum absolute atomic E-state index is 0.193. The van der Waals surface area contributed by atoms with Gasteiger partial charge in [-0.3, -0.25) is 0 Å². The van der Waals surface area contributed by atoms with E-state index < -0.39 is 0 Å². The summed E-state index contributed by atoms with van der Waals surface area (Å²) in [5, 5.41) is 0. The molecular formula is C19H30O2. The van der Waals surface area contributed by atoms with E-state index in [-0.39, 0.29) is 11.4 Å². The first-order chi connectivity index (χ1) is 9.75. The second kappa shape index (κ2) is 7.63. The van der Waals surface area contributed by atoms with Crippen LogP contribution in [0, 0.1) is 11.3 Å². The zero-order chi connectivity index (χ0) is 16.0. The smallest absolute Gasteiger partial charge is 0.333 e. The predicted molar refractivity (Wildman–Crippen MR) is 89.0 cm³/mol. The number of esters is 1. The van der Waals surface area contributed by atoms with Crippen LogP contribution in [0.3, 0.4) is 0 Å². The fourth-order valence-electron chi connectivity index (χ4n) is 2.39. The normalized spacial score (nSPS) is 17.9. The molecule has 0 fully saturated rings. The van der Waals surface area contributed by atoms with E-state index in [1.807, 2.05) is 6.08 Å². The van der Waals surface area contributed by atoms with Crippen LogP contribution in [0.2, 0.25) is 0 Å². The molecule has 0 saturated heterocycles. The molecular weight excluding hydrogens is 260 g/mol. The Morgan fingerprint density at radius 3 is 2.48 bits per heavy atom.